The smallest absolute Gasteiger partial charge is 0.343 e. The Morgan fingerprint density at radius 1 is 0.375 bits per heavy atom. The topological polar surface area (TPSA) is 105 Å². The summed E-state index contributed by atoms with van der Waals surface area (Å²) in [5.41, 5.74) is 1.71. The Morgan fingerprint density at radius 2 is 0.703 bits per heavy atom. The van der Waals surface area contributed by atoms with Gasteiger partial charge in [0.2, 0.25) is 10.2 Å². The number of ether oxygens (including phenoxy) is 4. The highest BCUT2D eigenvalue weighted by Crippen LogP contribution is 2.28. The number of rotatable bonds is 28. The summed E-state index contributed by atoms with van der Waals surface area (Å²) in [6, 6.07) is 33.8. The van der Waals surface area contributed by atoms with Crippen LogP contribution in [0.5, 0.6) is 23.0 Å². The molecule has 0 aliphatic carbocycles. The summed E-state index contributed by atoms with van der Waals surface area (Å²) in [5.74, 6) is 0.688. The molecule has 0 saturated carbocycles. The molecule has 0 N–H and O–H groups in total. The third kappa shape index (κ3) is 18.0. The highest BCUT2D eigenvalue weighted by molar-refractivity contribution is 8.14. The zero-order chi connectivity index (χ0) is 45.2. The summed E-state index contributed by atoms with van der Waals surface area (Å²) in [5, 5.41) is -0.235. The average molecular weight is 903 g/mol. The molecule has 10 heteroatoms. The third-order valence-corrected chi connectivity index (χ3v) is 12.4. The molecule has 0 heterocycles. The lowest BCUT2D eigenvalue weighted by molar-refractivity contribution is 0.0732. The lowest BCUT2D eigenvalue weighted by Crippen LogP contribution is -2.10. The first-order valence-corrected chi connectivity index (χ1v) is 24.6. The van der Waals surface area contributed by atoms with Crippen LogP contribution in [0.2, 0.25) is 0 Å². The normalized spacial score (nSPS) is 10.9. The second kappa shape index (κ2) is 28.5. The fourth-order valence-electron chi connectivity index (χ4n) is 6.81. The second-order valence-corrected chi connectivity index (χ2v) is 17.9. The fraction of sp³-hybridized carbons (Fsp3) is 0.370. The van der Waals surface area contributed by atoms with Gasteiger partial charge in [0.25, 0.3) is 0 Å². The molecule has 0 spiro atoms. The zero-order valence-corrected chi connectivity index (χ0v) is 39.0. The van der Waals surface area contributed by atoms with Gasteiger partial charge in [-0.05, 0) is 146 Å². The summed E-state index contributed by atoms with van der Waals surface area (Å²) in [6.07, 6.45) is 19.9. The standard InChI is InChI=1S/C54H62O8S2/c1-3-5-7-9-11-13-15-17-38-59-45-30-22-43(23-31-45)53(57)63-49-34-26-41(27-35-49)51(55)61-47-20-19-21-48(40-47)62-52(56)42-28-36-50(37-29-42)64-54(58)44-24-32-46(33-25-44)60-39-18-16-14-12-10-8-6-4-2/h19-37,40H,3-18,38-39H2,1-2H3. The van der Waals surface area contributed by atoms with Gasteiger partial charge in [-0.3, -0.25) is 9.59 Å². The van der Waals surface area contributed by atoms with Crippen molar-refractivity contribution in [3.63, 3.8) is 0 Å². The van der Waals surface area contributed by atoms with E-state index in [0.29, 0.717) is 45.3 Å². The molecule has 0 fully saturated rings. The number of benzene rings is 5. The number of carbonyl (C=O) groups is 4. The SMILES string of the molecule is CCCCCCCCCCOc1ccc(C(=O)Sc2ccc(C(=O)Oc3cccc(OC(=O)c4ccc(SC(=O)c5ccc(OCCCCCCCCCC)cc5)cc4)c3)cc2)cc1. The Kier molecular flexibility index (Phi) is 22.1. The van der Waals surface area contributed by atoms with Crippen molar-refractivity contribution in [2.45, 2.75) is 126 Å². The molecule has 64 heavy (non-hydrogen) atoms. The number of hydrogen-bond donors (Lipinski definition) is 0. The Morgan fingerprint density at radius 3 is 1.06 bits per heavy atom. The first-order chi connectivity index (χ1) is 31.3. The van der Waals surface area contributed by atoms with Gasteiger partial charge in [0.1, 0.15) is 23.0 Å². The van der Waals surface area contributed by atoms with Crippen LogP contribution < -0.4 is 18.9 Å². The molecule has 0 aliphatic heterocycles. The Balaban J connectivity index is 1.00. The van der Waals surface area contributed by atoms with Crippen LogP contribution in [0.25, 0.3) is 0 Å². The van der Waals surface area contributed by atoms with Gasteiger partial charge in [0.15, 0.2) is 0 Å². The number of thioether (sulfide) groups is 2. The van der Waals surface area contributed by atoms with Crippen LogP contribution in [0.15, 0.2) is 131 Å². The highest BCUT2D eigenvalue weighted by Gasteiger charge is 2.15. The van der Waals surface area contributed by atoms with Crippen LogP contribution in [-0.2, 0) is 0 Å². The molecule has 0 aliphatic rings. The van der Waals surface area contributed by atoms with Crippen LogP contribution in [-0.4, -0.2) is 35.4 Å². The van der Waals surface area contributed by atoms with Crippen molar-refractivity contribution < 1.29 is 38.1 Å². The Bertz CT molecular complexity index is 2020. The summed E-state index contributed by atoms with van der Waals surface area (Å²) in [6.45, 7) is 5.80. The van der Waals surface area contributed by atoms with Crippen molar-refractivity contribution in [2.24, 2.45) is 0 Å². The second-order valence-electron chi connectivity index (χ2n) is 15.8. The Hall–Kier alpha value is -5.32. The molecule has 0 atom stereocenters. The maximum atomic E-state index is 13.0. The minimum atomic E-state index is -0.602. The Labute approximate surface area is 388 Å². The van der Waals surface area contributed by atoms with E-state index >= 15 is 0 Å². The zero-order valence-electron chi connectivity index (χ0n) is 37.4. The van der Waals surface area contributed by atoms with Gasteiger partial charge in [0.05, 0.1) is 24.3 Å². The lowest BCUT2D eigenvalue weighted by atomic mass is 10.1. The van der Waals surface area contributed by atoms with E-state index in [4.69, 9.17) is 18.9 Å². The monoisotopic (exact) mass is 902 g/mol. The molecule has 0 radical (unpaired) electrons. The molecule has 8 nitrogen and oxygen atoms in total. The molecule has 0 saturated heterocycles. The van der Waals surface area contributed by atoms with Gasteiger partial charge >= 0.3 is 11.9 Å². The van der Waals surface area contributed by atoms with E-state index in [1.54, 1.807) is 91.0 Å². The summed E-state index contributed by atoms with van der Waals surface area (Å²) in [7, 11) is 0. The molecule has 0 bridgehead atoms. The molecule has 338 valence electrons. The van der Waals surface area contributed by atoms with Crippen LogP contribution in [0, 0.1) is 0 Å². The van der Waals surface area contributed by atoms with Crippen LogP contribution >= 0.6 is 23.5 Å². The average Bonchev–Trinajstić information content (AvgIpc) is 3.31. The molecule has 5 aromatic rings. The van der Waals surface area contributed by atoms with Crippen molar-refractivity contribution in [1.29, 1.82) is 0 Å². The maximum absolute atomic E-state index is 13.0. The summed E-state index contributed by atoms with van der Waals surface area (Å²) in [4.78, 5) is 53.3. The van der Waals surface area contributed by atoms with Crippen molar-refractivity contribution in [1.82, 2.24) is 0 Å². The lowest BCUT2D eigenvalue weighted by Gasteiger charge is -2.09. The van der Waals surface area contributed by atoms with Gasteiger partial charge in [-0.15, -0.1) is 0 Å². The van der Waals surface area contributed by atoms with Gasteiger partial charge in [-0.25, -0.2) is 9.59 Å². The van der Waals surface area contributed by atoms with Crippen LogP contribution in [0.3, 0.4) is 0 Å². The first-order valence-electron chi connectivity index (χ1n) is 23.0. The first kappa shape index (κ1) is 49.7. The van der Waals surface area contributed by atoms with Crippen molar-refractivity contribution in [2.75, 3.05) is 13.2 Å². The molecule has 0 unspecified atom stereocenters. The molecular formula is C54H62O8S2. The van der Waals surface area contributed by atoms with E-state index in [1.165, 1.54) is 83.1 Å². The predicted octanol–water partition coefficient (Wildman–Crippen LogP) is 15.0. The largest absolute Gasteiger partial charge is 0.494 e. The number of hydrogen-bond acceptors (Lipinski definition) is 10. The van der Waals surface area contributed by atoms with Gasteiger partial charge in [-0.1, -0.05) is 110 Å². The number of esters is 2. The number of carbonyl (C=O) groups excluding carboxylic acids is 4. The predicted molar refractivity (Wildman–Crippen MR) is 259 cm³/mol. The van der Waals surface area contributed by atoms with E-state index in [2.05, 4.69) is 13.8 Å². The van der Waals surface area contributed by atoms with E-state index in [0.717, 1.165) is 60.7 Å². The van der Waals surface area contributed by atoms with Gasteiger partial charge in [-0.2, -0.15) is 0 Å². The van der Waals surface area contributed by atoms with E-state index in [1.807, 2.05) is 24.3 Å². The summed E-state index contributed by atoms with van der Waals surface area (Å²) >= 11 is 2.15. The quantitative estimate of drug-likeness (QED) is 0.0208. The highest BCUT2D eigenvalue weighted by atomic mass is 32.2. The molecular weight excluding hydrogens is 841 g/mol. The van der Waals surface area contributed by atoms with Crippen molar-refractivity contribution >= 4 is 45.7 Å². The van der Waals surface area contributed by atoms with E-state index < -0.39 is 11.9 Å². The molecule has 0 aromatic heterocycles. The maximum Gasteiger partial charge on any atom is 0.343 e. The number of unbranched alkanes of at least 4 members (excludes halogenated alkanes) is 14. The van der Waals surface area contributed by atoms with Gasteiger partial charge in [0, 0.05) is 27.0 Å². The third-order valence-electron chi connectivity index (χ3n) is 10.5. The van der Waals surface area contributed by atoms with E-state index in [-0.39, 0.29) is 21.7 Å². The van der Waals surface area contributed by atoms with Crippen molar-refractivity contribution in [3.05, 3.63) is 144 Å². The van der Waals surface area contributed by atoms with Gasteiger partial charge < -0.3 is 18.9 Å². The minimum Gasteiger partial charge on any atom is -0.494 e. The van der Waals surface area contributed by atoms with Crippen LogP contribution in [0.4, 0.5) is 0 Å². The molecule has 0 amide bonds. The molecule has 5 aromatic carbocycles. The van der Waals surface area contributed by atoms with Crippen LogP contribution in [0.1, 0.15) is 158 Å². The van der Waals surface area contributed by atoms with Crippen molar-refractivity contribution in [3.8, 4) is 23.0 Å². The minimum absolute atomic E-state index is 0.117. The van der Waals surface area contributed by atoms with E-state index in [9.17, 15) is 19.2 Å². The summed E-state index contributed by atoms with van der Waals surface area (Å²) < 4.78 is 22.9. The molecule has 5 rings (SSSR count). The fourth-order valence-corrected chi connectivity index (χ4v) is 8.29.